The van der Waals surface area contributed by atoms with Gasteiger partial charge in [-0.2, -0.15) is 4.31 Å². The Morgan fingerprint density at radius 1 is 0.935 bits per heavy atom. The zero-order valence-electron chi connectivity index (χ0n) is 18.1. The van der Waals surface area contributed by atoms with Crippen molar-refractivity contribution < 1.29 is 23.4 Å². The SMILES string of the molecule is CS(=O)(=O)N(CCCCCCC(=O)O)C(c1ccccc1)C(O)CCc1ccccc1. The minimum atomic E-state index is -3.57. The number of rotatable bonds is 14. The van der Waals surface area contributed by atoms with E-state index in [0.29, 0.717) is 25.7 Å². The van der Waals surface area contributed by atoms with Crippen LogP contribution in [0.5, 0.6) is 0 Å². The van der Waals surface area contributed by atoms with Gasteiger partial charge in [-0.3, -0.25) is 4.79 Å². The number of nitrogens with zero attached hydrogens (tertiary/aromatic N) is 1. The molecule has 0 saturated carbocycles. The highest BCUT2D eigenvalue weighted by Gasteiger charge is 2.33. The molecule has 2 aromatic rings. The van der Waals surface area contributed by atoms with Gasteiger partial charge in [-0.15, -0.1) is 0 Å². The lowest BCUT2D eigenvalue weighted by atomic mass is 9.96. The summed E-state index contributed by atoms with van der Waals surface area (Å²) in [5, 5.41) is 19.8. The molecule has 170 valence electrons. The van der Waals surface area contributed by atoms with Gasteiger partial charge >= 0.3 is 5.97 Å². The smallest absolute Gasteiger partial charge is 0.303 e. The highest BCUT2D eigenvalue weighted by Crippen LogP contribution is 2.30. The molecule has 0 fully saturated rings. The van der Waals surface area contributed by atoms with Crippen molar-refractivity contribution in [2.45, 2.75) is 57.1 Å². The summed E-state index contributed by atoms with van der Waals surface area (Å²) in [6, 6.07) is 18.4. The Kier molecular flexibility index (Phi) is 10.2. The molecule has 0 amide bonds. The standard InChI is InChI=1S/C24H33NO5S/c1-31(29,30)25(19-11-3-2-10-16-23(27)28)24(21-14-8-5-9-15-21)22(26)18-17-20-12-6-4-7-13-20/h4-9,12-15,22,24,26H,2-3,10-11,16-19H2,1H3,(H,27,28). The first-order chi connectivity index (χ1) is 14.8. The van der Waals surface area contributed by atoms with E-state index in [1.54, 1.807) is 0 Å². The molecule has 2 unspecified atom stereocenters. The molecule has 0 aromatic heterocycles. The van der Waals surface area contributed by atoms with E-state index >= 15 is 0 Å². The maximum absolute atomic E-state index is 12.7. The van der Waals surface area contributed by atoms with Crippen molar-refractivity contribution in [3.05, 3.63) is 71.8 Å². The molecule has 2 atom stereocenters. The largest absolute Gasteiger partial charge is 0.481 e. The van der Waals surface area contributed by atoms with Crippen molar-refractivity contribution in [1.29, 1.82) is 0 Å². The van der Waals surface area contributed by atoms with Gasteiger partial charge in [0.05, 0.1) is 18.4 Å². The average Bonchev–Trinajstić information content (AvgIpc) is 2.74. The number of hydrogen-bond donors (Lipinski definition) is 2. The number of carbonyl (C=O) groups is 1. The number of sulfonamides is 1. The van der Waals surface area contributed by atoms with Crippen LogP contribution in [0.25, 0.3) is 0 Å². The molecule has 0 bridgehead atoms. The summed E-state index contributed by atoms with van der Waals surface area (Å²) >= 11 is 0. The number of aliphatic carboxylic acids is 1. The van der Waals surface area contributed by atoms with Crippen LogP contribution in [-0.4, -0.2) is 47.8 Å². The number of aliphatic hydroxyl groups excluding tert-OH is 1. The zero-order chi connectivity index (χ0) is 22.7. The van der Waals surface area contributed by atoms with E-state index in [1.165, 1.54) is 10.6 Å². The first-order valence-corrected chi connectivity index (χ1v) is 12.6. The number of unbranched alkanes of at least 4 members (excludes halogenated alkanes) is 3. The number of carboxylic acids is 1. The van der Waals surface area contributed by atoms with Crippen molar-refractivity contribution in [3.8, 4) is 0 Å². The second-order valence-electron chi connectivity index (χ2n) is 7.88. The third kappa shape index (κ3) is 8.81. The van der Waals surface area contributed by atoms with E-state index in [4.69, 9.17) is 5.11 Å². The van der Waals surface area contributed by atoms with Crippen LogP contribution in [-0.2, 0) is 21.2 Å². The summed E-state index contributed by atoms with van der Waals surface area (Å²) in [5.41, 5.74) is 1.86. The Hall–Kier alpha value is -2.22. The van der Waals surface area contributed by atoms with E-state index in [-0.39, 0.29) is 13.0 Å². The molecule has 31 heavy (non-hydrogen) atoms. The van der Waals surface area contributed by atoms with Gasteiger partial charge in [-0.05, 0) is 36.8 Å². The van der Waals surface area contributed by atoms with Crippen molar-refractivity contribution in [1.82, 2.24) is 4.31 Å². The minimum Gasteiger partial charge on any atom is -0.481 e. The summed E-state index contributed by atoms with van der Waals surface area (Å²) in [6.45, 7) is 0.286. The molecule has 2 rings (SSSR count). The first-order valence-electron chi connectivity index (χ1n) is 10.7. The van der Waals surface area contributed by atoms with Gasteiger partial charge in [-0.1, -0.05) is 73.5 Å². The van der Waals surface area contributed by atoms with Crippen LogP contribution < -0.4 is 0 Å². The predicted octanol–water partition coefficient (Wildman–Crippen LogP) is 4.02. The van der Waals surface area contributed by atoms with Crippen LogP contribution in [0, 0.1) is 0 Å². The Balaban J connectivity index is 2.12. The van der Waals surface area contributed by atoms with Gasteiger partial charge in [0.25, 0.3) is 0 Å². The highest BCUT2D eigenvalue weighted by molar-refractivity contribution is 7.88. The number of hydrogen-bond acceptors (Lipinski definition) is 4. The van der Waals surface area contributed by atoms with Gasteiger partial charge < -0.3 is 10.2 Å². The van der Waals surface area contributed by atoms with E-state index in [2.05, 4.69) is 0 Å². The Morgan fingerprint density at radius 2 is 1.52 bits per heavy atom. The quantitative estimate of drug-likeness (QED) is 0.427. The van der Waals surface area contributed by atoms with E-state index in [1.807, 2.05) is 60.7 Å². The lowest BCUT2D eigenvalue weighted by molar-refractivity contribution is -0.137. The molecule has 0 radical (unpaired) electrons. The lowest BCUT2D eigenvalue weighted by Gasteiger charge is -2.33. The molecule has 6 nitrogen and oxygen atoms in total. The van der Waals surface area contributed by atoms with Crippen molar-refractivity contribution in [2.75, 3.05) is 12.8 Å². The van der Waals surface area contributed by atoms with Gasteiger partial charge in [0.15, 0.2) is 0 Å². The molecule has 2 N–H and O–H groups in total. The summed E-state index contributed by atoms with van der Waals surface area (Å²) in [7, 11) is -3.57. The molecule has 0 spiro atoms. The van der Waals surface area contributed by atoms with Crippen molar-refractivity contribution in [2.24, 2.45) is 0 Å². The summed E-state index contributed by atoms with van der Waals surface area (Å²) in [6.07, 6.45) is 4.20. The molecule has 0 aliphatic rings. The van der Waals surface area contributed by atoms with Crippen LogP contribution in [0.3, 0.4) is 0 Å². The van der Waals surface area contributed by atoms with Crippen molar-refractivity contribution >= 4 is 16.0 Å². The third-order valence-corrected chi connectivity index (χ3v) is 6.59. The number of aryl methyl sites for hydroxylation is 1. The molecule has 0 saturated heterocycles. The van der Waals surface area contributed by atoms with Crippen LogP contribution >= 0.6 is 0 Å². The maximum Gasteiger partial charge on any atom is 0.303 e. The average molecular weight is 448 g/mol. The van der Waals surface area contributed by atoms with Crippen LogP contribution in [0.1, 0.15) is 55.7 Å². The fraction of sp³-hybridized carbons (Fsp3) is 0.458. The predicted molar refractivity (Wildman–Crippen MR) is 122 cm³/mol. The van der Waals surface area contributed by atoms with Gasteiger partial charge in [0.2, 0.25) is 10.0 Å². The van der Waals surface area contributed by atoms with Gasteiger partial charge in [-0.25, -0.2) is 8.42 Å². The maximum atomic E-state index is 12.7. The Morgan fingerprint density at radius 3 is 2.10 bits per heavy atom. The third-order valence-electron chi connectivity index (χ3n) is 5.33. The fourth-order valence-corrected chi connectivity index (χ4v) is 4.89. The second kappa shape index (κ2) is 12.6. The number of aliphatic hydroxyl groups is 1. The monoisotopic (exact) mass is 447 g/mol. The minimum absolute atomic E-state index is 0.126. The highest BCUT2D eigenvalue weighted by atomic mass is 32.2. The van der Waals surface area contributed by atoms with Crippen LogP contribution in [0.2, 0.25) is 0 Å². The summed E-state index contributed by atoms with van der Waals surface area (Å²) in [5.74, 6) is -0.816. The summed E-state index contributed by atoms with van der Waals surface area (Å²) in [4.78, 5) is 10.6. The molecule has 7 heteroatoms. The van der Waals surface area contributed by atoms with E-state index in [9.17, 15) is 18.3 Å². The normalized spacial score (nSPS) is 13.8. The van der Waals surface area contributed by atoms with E-state index in [0.717, 1.165) is 24.0 Å². The molecular weight excluding hydrogens is 414 g/mol. The molecular formula is C24H33NO5S. The van der Waals surface area contributed by atoms with Gasteiger partial charge in [0, 0.05) is 13.0 Å². The molecule has 0 aliphatic carbocycles. The molecule has 0 heterocycles. The lowest BCUT2D eigenvalue weighted by Crippen LogP contribution is -2.41. The number of carboxylic acid groups (broad SMARTS) is 1. The first kappa shape index (κ1) is 25.0. The topological polar surface area (TPSA) is 94.9 Å². The Bertz CT molecular complexity index is 887. The molecule has 0 aliphatic heterocycles. The van der Waals surface area contributed by atoms with Crippen LogP contribution in [0.4, 0.5) is 0 Å². The zero-order valence-corrected chi connectivity index (χ0v) is 18.9. The van der Waals surface area contributed by atoms with Gasteiger partial charge in [0.1, 0.15) is 0 Å². The number of benzene rings is 2. The van der Waals surface area contributed by atoms with Crippen LogP contribution in [0.15, 0.2) is 60.7 Å². The van der Waals surface area contributed by atoms with E-state index < -0.39 is 28.1 Å². The molecule has 2 aromatic carbocycles. The second-order valence-corrected chi connectivity index (χ2v) is 9.81. The Labute approximate surface area is 185 Å². The summed E-state index contributed by atoms with van der Waals surface area (Å²) < 4.78 is 26.7. The fourth-order valence-electron chi connectivity index (χ4n) is 3.76. The van der Waals surface area contributed by atoms with Crippen molar-refractivity contribution in [3.63, 3.8) is 0 Å².